The van der Waals surface area contributed by atoms with Gasteiger partial charge < -0.3 is 10.6 Å². The van der Waals surface area contributed by atoms with Crippen LogP contribution in [0.4, 0.5) is 11.4 Å². The van der Waals surface area contributed by atoms with E-state index in [4.69, 9.17) is 0 Å². The standard InChI is InChI=1S/C20H18N4O2S2/c1-9(25)21-13-5-7-15-19(27-11(3)23-15)17(13)18-14(22-10(2)26)6-8-16-20(18)28-12(4)24-16/h5-8H,1-4H3,(H,21,25)(H,22,26). The average molecular weight is 411 g/mol. The predicted octanol–water partition coefficient (Wildman–Crippen LogP) is 5.11. The van der Waals surface area contributed by atoms with E-state index in [2.05, 4.69) is 20.6 Å². The number of hydrogen-bond acceptors (Lipinski definition) is 6. The molecule has 4 rings (SSSR count). The second-order valence-corrected chi connectivity index (χ2v) is 8.91. The number of aryl methyl sites for hydroxylation is 2. The lowest BCUT2D eigenvalue weighted by molar-refractivity contribution is -0.115. The van der Waals surface area contributed by atoms with Gasteiger partial charge in [0.1, 0.15) is 0 Å². The number of amides is 2. The molecule has 0 radical (unpaired) electrons. The van der Waals surface area contributed by atoms with E-state index in [0.29, 0.717) is 11.4 Å². The Kier molecular flexibility index (Phi) is 4.60. The van der Waals surface area contributed by atoms with Gasteiger partial charge in [-0.05, 0) is 38.1 Å². The molecule has 2 N–H and O–H groups in total. The fraction of sp³-hybridized carbons (Fsp3) is 0.200. The molecule has 0 aliphatic heterocycles. The molecule has 0 unspecified atom stereocenters. The number of nitrogens with zero attached hydrogens (tertiary/aromatic N) is 2. The first-order valence-electron chi connectivity index (χ1n) is 8.69. The van der Waals surface area contributed by atoms with Gasteiger partial charge in [0.2, 0.25) is 11.8 Å². The summed E-state index contributed by atoms with van der Waals surface area (Å²) in [6, 6.07) is 7.54. The molecule has 4 aromatic rings. The SMILES string of the molecule is CC(=O)Nc1ccc2nc(C)sc2c1-c1c(NC(C)=O)ccc2nc(C)sc12. The molecule has 0 fully saturated rings. The maximum Gasteiger partial charge on any atom is 0.221 e. The monoisotopic (exact) mass is 410 g/mol. The highest BCUT2D eigenvalue weighted by atomic mass is 32.1. The molecule has 2 amide bonds. The number of hydrogen-bond donors (Lipinski definition) is 2. The maximum atomic E-state index is 11.9. The lowest BCUT2D eigenvalue weighted by Gasteiger charge is -2.16. The zero-order valence-electron chi connectivity index (χ0n) is 15.8. The highest BCUT2D eigenvalue weighted by Crippen LogP contribution is 2.46. The van der Waals surface area contributed by atoms with Crippen LogP contribution >= 0.6 is 22.7 Å². The first kappa shape index (κ1) is 18.5. The highest BCUT2D eigenvalue weighted by Gasteiger charge is 2.21. The van der Waals surface area contributed by atoms with Crippen LogP contribution in [0.2, 0.25) is 0 Å². The van der Waals surface area contributed by atoms with E-state index in [1.807, 2.05) is 38.1 Å². The first-order valence-corrected chi connectivity index (χ1v) is 10.3. The van der Waals surface area contributed by atoms with Gasteiger partial charge in [0.25, 0.3) is 0 Å². The third-order valence-electron chi connectivity index (χ3n) is 4.20. The summed E-state index contributed by atoms with van der Waals surface area (Å²) in [5.74, 6) is -0.314. The van der Waals surface area contributed by atoms with E-state index in [0.717, 1.165) is 41.6 Å². The summed E-state index contributed by atoms with van der Waals surface area (Å²) < 4.78 is 1.93. The molecule has 0 saturated carbocycles. The van der Waals surface area contributed by atoms with Gasteiger partial charge in [0.05, 0.1) is 41.8 Å². The lowest BCUT2D eigenvalue weighted by atomic mass is 10.00. The van der Waals surface area contributed by atoms with Crippen LogP contribution in [0.15, 0.2) is 24.3 Å². The van der Waals surface area contributed by atoms with Crippen molar-refractivity contribution in [2.45, 2.75) is 27.7 Å². The van der Waals surface area contributed by atoms with Gasteiger partial charge in [-0.1, -0.05) is 0 Å². The smallest absolute Gasteiger partial charge is 0.221 e. The summed E-state index contributed by atoms with van der Waals surface area (Å²) in [7, 11) is 0. The Morgan fingerprint density at radius 1 is 0.750 bits per heavy atom. The fourth-order valence-electron chi connectivity index (χ4n) is 3.29. The molecule has 0 bridgehead atoms. The van der Waals surface area contributed by atoms with E-state index in [-0.39, 0.29) is 11.8 Å². The van der Waals surface area contributed by atoms with Crippen molar-refractivity contribution in [1.82, 2.24) is 9.97 Å². The van der Waals surface area contributed by atoms with E-state index >= 15 is 0 Å². The number of carbonyl (C=O) groups excluding carboxylic acids is 2. The van der Waals surface area contributed by atoms with E-state index in [1.165, 1.54) is 13.8 Å². The molecule has 2 aromatic carbocycles. The van der Waals surface area contributed by atoms with E-state index in [9.17, 15) is 9.59 Å². The van der Waals surface area contributed by atoms with E-state index in [1.54, 1.807) is 22.7 Å². The van der Waals surface area contributed by atoms with Gasteiger partial charge in [-0.15, -0.1) is 22.7 Å². The van der Waals surface area contributed by atoms with Crippen molar-refractivity contribution in [1.29, 1.82) is 0 Å². The molecule has 6 nitrogen and oxygen atoms in total. The number of fused-ring (bicyclic) bond motifs is 2. The molecule has 142 valence electrons. The Balaban J connectivity index is 2.15. The molecule has 8 heteroatoms. The Morgan fingerprint density at radius 2 is 1.14 bits per heavy atom. The lowest BCUT2D eigenvalue weighted by Crippen LogP contribution is -2.09. The summed E-state index contributed by atoms with van der Waals surface area (Å²) in [5, 5.41) is 7.74. The highest BCUT2D eigenvalue weighted by molar-refractivity contribution is 7.20. The molecule has 0 spiro atoms. The summed E-state index contributed by atoms with van der Waals surface area (Å²) >= 11 is 3.13. The number of nitrogens with one attached hydrogen (secondary N) is 2. The van der Waals surface area contributed by atoms with Crippen LogP contribution in [0.25, 0.3) is 31.6 Å². The second kappa shape index (κ2) is 6.96. The number of aromatic nitrogens is 2. The Hall–Kier alpha value is -2.84. The molecule has 2 aromatic heterocycles. The Morgan fingerprint density at radius 3 is 1.50 bits per heavy atom. The molecule has 2 heterocycles. The van der Waals surface area contributed by atoms with Crippen LogP contribution in [0.5, 0.6) is 0 Å². The molecular formula is C20H18N4O2S2. The minimum atomic E-state index is -0.157. The molecule has 28 heavy (non-hydrogen) atoms. The maximum absolute atomic E-state index is 11.9. The van der Waals surface area contributed by atoms with Crippen LogP contribution in [-0.4, -0.2) is 21.8 Å². The van der Waals surface area contributed by atoms with Gasteiger partial charge in [-0.25, -0.2) is 9.97 Å². The topological polar surface area (TPSA) is 84.0 Å². The zero-order chi connectivity index (χ0) is 20.0. The van der Waals surface area contributed by atoms with Gasteiger partial charge in [0, 0.05) is 25.0 Å². The number of carbonyl (C=O) groups is 2. The van der Waals surface area contributed by atoms with Gasteiger partial charge in [-0.2, -0.15) is 0 Å². The zero-order valence-corrected chi connectivity index (χ0v) is 17.5. The van der Waals surface area contributed by atoms with Gasteiger partial charge in [-0.3, -0.25) is 9.59 Å². The van der Waals surface area contributed by atoms with Crippen molar-refractivity contribution >= 4 is 66.3 Å². The first-order chi connectivity index (χ1) is 13.3. The minimum absolute atomic E-state index is 0.157. The van der Waals surface area contributed by atoms with Crippen molar-refractivity contribution in [3.63, 3.8) is 0 Å². The van der Waals surface area contributed by atoms with Crippen LogP contribution < -0.4 is 10.6 Å². The number of anilines is 2. The predicted molar refractivity (Wildman–Crippen MR) is 116 cm³/mol. The van der Waals surface area contributed by atoms with Gasteiger partial charge in [0.15, 0.2) is 0 Å². The van der Waals surface area contributed by atoms with Crippen molar-refractivity contribution in [3.05, 3.63) is 34.3 Å². The van der Waals surface area contributed by atoms with Crippen LogP contribution in [-0.2, 0) is 9.59 Å². The molecule has 0 saturated heterocycles. The number of rotatable bonds is 3. The van der Waals surface area contributed by atoms with E-state index < -0.39 is 0 Å². The van der Waals surface area contributed by atoms with Crippen LogP contribution in [0.1, 0.15) is 23.9 Å². The normalized spacial score (nSPS) is 11.1. The summed E-state index contributed by atoms with van der Waals surface area (Å²) in [5.41, 5.74) is 4.81. The van der Waals surface area contributed by atoms with Crippen molar-refractivity contribution in [2.75, 3.05) is 10.6 Å². The van der Waals surface area contributed by atoms with Crippen molar-refractivity contribution in [3.8, 4) is 11.1 Å². The summed E-state index contributed by atoms with van der Waals surface area (Å²) in [6.45, 7) is 6.88. The third kappa shape index (κ3) is 3.25. The Labute approximate surface area is 169 Å². The molecule has 0 aliphatic rings. The fourth-order valence-corrected chi connectivity index (χ4v) is 5.23. The largest absolute Gasteiger partial charge is 0.326 e. The average Bonchev–Trinajstić information content (AvgIpc) is 3.15. The quantitative estimate of drug-likeness (QED) is 0.492. The van der Waals surface area contributed by atoms with Crippen molar-refractivity contribution in [2.24, 2.45) is 0 Å². The number of benzene rings is 2. The number of thiazole rings is 2. The van der Waals surface area contributed by atoms with Crippen molar-refractivity contribution < 1.29 is 9.59 Å². The summed E-state index contributed by atoms with van der Waals surface area (Å²) in [4.78, 5) is 32.9. The summed E-state index contributed by atoms with van der Waals surface area (Å²) in [6.07, 6.45) is 0. The minimum Gasteiger partial charge on any atom is -0.326 e. The second-order valence-electron chi connectivity index (χ2n) is 6.50. The van der Waals surface area contributed by atoms with Crippen LogP contribution in [0.3, 0.4) is 0 Å². The molecular weight excluding hydrogens is 392 g/mol. The van der Waals surface area contributed by atoms with Gasteiger partial charge >= 0.3 is 0 Å². The molecule has 0 atom stereocenters. The third-order valence-corrected chi connectivity index (χ3v) is 6.21. The Bertz CT molecular complexity index is 1160. The molecule has 0 aliphatic carbocycles. The van der Waals surface area contributed by atoms with Crippen LogP contribution in [0, 0.1) is 13.8 Å².